The summed E-state index contributed by atoms with van der Waals surface area (Å²) < 4.78 is 13.2. The van der Waals surface area contributed by atoms with Crippen molar-refractivity contribution in [3.8, 4) is 0 Å². The van der Waals surface area contributed by atoms with Gasteiger partial charge in [0.2, 0.25) is 0 Å². The van der Waals surface area contributed by atoms with E-state index in [0.717, 1.165) is 0 Å². The number of fused-ring (bicyclic) bond motifs is 1. The summed E-state index contributed by atoms with van der Waals surface area (Å²) in [4.78, 5) is 3.85. The van der Waals surface area contributed by atoms with E-state index in [1.165, 1.54) is 12.1 Å². The van der Waals surface area contributed by atoms with Gasteiger partial charge in [0, 0.05) is 5.39 Å². The molecule has 0 fully saturated rings. The van der Waals surface area contributed by atoms with E-state index in [1.54, 1.807) is 12.1 Å². The van der Waals surface area contributed by atoms with Gasteiger partial charge in [0.05, 0.1) is 5.02 Å². The lowest BCUT2D eigenvalue weighted by molar-refractivity contribution is 0.637. The summed E-state index contributed by atoms with van der Waals surface area (Å²) in [5, 5.41) is 0.998. The zero-order valence-corrected chi connectivity index (χ0v) is 7.35. The number of aromatic nitrogens is 1. The van der Waals surface area contributed by atoms with Gasteiger partial charge >= 0.3 is 0 Å². The Kier molecular flexibility index (Phi) is 1.81. The highest BCUT2D eigenvalue weighted by Gasteiger charge is 2.05. The summed E-state index contributed by atoms with van der Waals surface area (Å²) in [6, 6.07) is 6.11. The second kappa shape index (κ2) is 2.85. The maximum absolute atomic E-state index is 13.2. The number of halogens is 2. The summed E-state index contributed by atoms with van der Waals surface area (Å²) >= 11 is 5.85. The average Bonchev–Trinajstić information content (AvgIpc) is 2.07. The Balaban J connectivity index is 2.94. The van der Waals surface area contributed by atoms with E-state index in [2.05, 4.69) is 4.98 Å². The van der Waals surface area contributed by atoms with Crippen LogP contribution >= 0.6 is 11.6 Å². The molecule has 0 saturated heterocycles. The Bertz CT molecular complexity index is 470. The topological polar surface area (TPSA) is 38.9 Å². The van der Waals surface area contributed by atoms with Crippen molar-refractivity contribution in [3.05, 3.63) is 35.1 Å². The molecule has 0 aliphatic rings. The molecule has 1 aromatic heterocycles. The Morgan fingerprint density at radius 3 is 2.92 bits per heavy atom. The maximum atomic E-state index is 13.2. The lowest BCUT2D eigenvalue weighted by atomic mass is 10.2. The smallest absolute Gasteiger partial charge is 0.149 e. The number of anilines is 1. The van der Waals surface area contributed by atoms with Gasteiger partial charge in [-0.3, -0.25) is 0 Å². The van der Waals surface area contributed by atoms with Crippen LogP contribution in [-0.2, 0) is 0 Å². The first-order chi connectivity index (χ1) is 6.18. The van der Waals surface area contributed by atoms with Crippen LogP contribution in [0.3, 0.4) is 0 Å². The summed E-state index contributed by atoms with van der Waals surface area (Å²) in [5.74, 6) is -0.186. The number of nitrogens with zero attached hydrogens (tertiary/aromatic N) is 1. The summed E-state index contributed by atoms with van der Waals surface area (Å²) in [5.41, 5.74) is 5.65. The third kappa shape index (κ3) is 1.31. The first kappa shape index (κ1) is 8.26. The molecule has 1 aromatic carbocycles. The highest BCUT2D eigenvalue weighted by Crippen LogP contribution is 2.25. The van der Waals surface area contributed by atoms with Crippen LogP contribution in [0.1, 0.15) is 0 Å². The molecular weight excluding hydrogens is 191 g/mol. The van der Waals surface area contributed by atoms with Crippen LogP contribution in [0.4, 0.5) is 10.2 Å². The van der Waals surface area contributed by atoms with Crippen molar-refractivity contribution in [2.75, 3.05) is 5.73 Å². The zero-order chi connectivity index (χ0) is 9.42. The summed E-state index contributed by atoms with van der Waals surface area (Å²) in [7, 11) is 0. The number of rotatable bonds is 0. The average molecular weight is 197 g/mol. The van der Waals surface area contributed by atoms with Crippen molar-refractivity contribution < 1.29 is 4.39 Å². The second-order valence-corrected chi connectivity index (χ2v) is 3.07. The van der Waals surface area contributed by atoms with Crippen molar-refractivity contribution in [3.63, 3.8) is 0 Å². The largest absolute Gasteiger partial charge is 0.384 e. The molecule has 0 aliphatic heterocycles. The van der Waals surface area contributed by atoms with Gasteiger partial charge in [0.25, 0.3) is 0 Å². The van der Waals surface area contributed by atoms with Crippen LogP contribution in [0, 0.1) is 5.82 Å². The first-order valence-corrected chi connectivity index (χ1v) is 4.06. The quantitative estimate of drug-likeness (QED) is 0.704. The normalized spacial score (nSPS) is 10.6. The number of para-hydroxylation sites is 1. The maximum Gasteiger partial charge on any atom is 0.149 e. The fraction of sp³-hybridized carbons (Fsp3) is 0. The zero-order valence-electron chi connectivity index (χ0n) is 6.59. The molecule has 0 spiro atoms. The van der Waals surface area contributed by atoms with Crippen LogP contribution in [0.5, 0.6) is 0 Å². The molecule has 0 radical (unpaired) electrons. The van der Waals surface area contributed by atoms with Crippen LogP contribution in [0.15, 0.2) is 24.3 Å². The Hall–Kier alpha value is -1.35. The molecule has 2 rings (SSSR count). The van der Waals surface area contributed by atoms with E-state index in [4.69, 9.17) is 17.3 Å². The number of nitrogen functional groups attached to an aromatic ring is 1. The van der Waals surface area contributed by atoms with Gasteiger partial charge in [-0.05, 0) is 12.1 Å². The van der Waals surface area contributed by atoms with Gasteiger partial charge in [-0.2, -0.15) is 0 Å². The Morgan fingerprint density at radius 1 is 1.38 bits per heavy atom. The van der Waals surface area contributed by atoms with E-state index in [0.29, 0.717) is 10.4 Å². The van der Waals surface area contributed by atoms with Crippen molar-refractivity contribution in [2.24, 2.45) is 0 Å². The molecule has 0 unspecified atom stereocenters. The standard InChI is InChI=1S/C9H6ClFN2/c10-6-4-8(12)13-9-5(6)2-1-3-7(9)11/h1-4H,(H2,12,13). The van der Waals surface area contributed by atoms with Gasteiger partial charge in [-0.15, -0.1) is 0 Å². The van der Waals surface area contributed by atoms with Crippen molar-refractivity contribution in [1.29, 1.82) is 0 Å². The van der Waals surface area contributed by atoms with E-state index in [1.807, 2.05) is 0 Å². The third-order valence-corrected chi connectivity index (χ3v) is 2.07. The fourth-order valence-electron chi connectivity index (χ4n) is 1.19. The highest BCUT2D eigenvalue weighted by molar-refractivity contribution is 6.35. The van der Waals surface area contributed by atoms with Crippen molar-refractivity contribution >= 4 is 28.3 Å². The van der Waals surface area contributed by atoms with Crippen LogP contribution in [-0.4, -0.2) is 4.98 Å². The number of hydrogen-bond donors (Lipinski definition) is 1. The summed E-state index contributed by atoms with van der Waals surface area (Å²) in [6.45, 7) is 0. The van der Waals surface area contributed by atoms with Gasteiger partial charge in [0.15, 0.2) is 0 Å². The molecule has 4 heteroatoms. The third-order valence-electron chi connectivity index (χ3n) is 1.76. The van der Waals surface area contributed by atoms with Crippen molar-refractivity contribution in [1.82, 2.24) is 4.98 Å². The predicted octanol–water partition coefficient (Wildman–Crippen LogP) is 2.61. The Morgan fingerprint density at radius 2 is 2.15 bits per heavy atom. The van der Waals surface area contributed by atoms with Crippen molar-refractivity contribution in [2.45, 2.75) is 0 Å². The SMILES string of the molecule is Nc1cc(Cl)c2cccc(F)c2n1. The van der Waals surface area contributed by atoms with E-state index in [-0.39, 0.29) is 11.3 Å². The predicted molar refractivity (Wildman–Crippen MR) is 51.1 cm³/mol. The molecule has 0 aliphatic carbocycles. The molecule has 0 amide bonds. The minimum absolute atomic E-state index is 0.215. The van der Waals surface area contributed by atoms with E-state index in [9.17, 15) is 4.39 Å². The molecule has 1 heterocycles. The molecule has 2 N–H and O–H groups in total. The lowest BCUT2D eigenvalue weighted by Crippen LogP contribution is -1.92. The van der Waals surface area contributed by atoms with Crippen LogP contribution < -0.4 is 5.73 Å². The lowest BCUT2D eigenvalue weighted by Gasteiger charge is -2.01. The number of pyridine rings is 1. The van der Waals surface area contributed by atoms with Gasteiger partial charge in [0.1, 0.15) is 17.2 Å². The highest BCUT2D eigenvalue weighted by atomic mass is 35.5. The molecule has 0 bridgehead atoms. The molecule has 2 aromatic rings. The first-order valence-electron chi connectivity index (χ1n) is 3.69. The second-order valence-electron chi connectivity index (χ2n) is 2.66. The number of nitrogens with two attached hydrogens (primary N) is 1. The van der Waals surface area contributed by atoms with Gasteiger partial charge in [-0.25, -0.2) is 9.37 Å². The molecule has 2 nitrogen and oxygen atoms in total. The molecule has 66 valence electrons. The van der Waals surface area contributed by atoms with Crippen LogP contribution in [0.2, 0.25) is 5.02 Å². The Labute approximate surface area is 79.1 Å². The fourth-order valence-corrected chi connectivity index (χ4v) is 1.45. The number of benzene rings is 1. The minimum Gasteiger partial charge on any atom is -0.384 e. The van der Waals surface area contributed by atoms with E-state index >= 15 is 0 Å². The van der Waals surface area contributed by atoms with Crippen LogP contribution in [0.25, 0.3) is 10.9 Å². The monoisotopic (exact) mass is 196 g/mol. The van der Waals surface area contributed by atoms with E-state index < -0.39 is 5.82 Å². The molecule has 0 saturated carbocycles. The number of hydrogen-bond acceptors (Lipinski definition) is 2. The van der Waals surface area contributed by atoms with Gasteiger partial charge < -0.3 is 5.73 Å². The molecule has 13 heavy (non-hydrogen) atoms. The molecular formula is C9H6ClFN2. The minimum atomic E-state index is -0.410. The van der Waals surface area contributed by atoms with Gasteiger partial charge in [-0.1, -0.05) is 23.7 Å². The summed E-state index contributed by atoms with van der Waals surface area (Å²) in [6.07, 6.45) is 0. The molecule has 0 atom stereocenters.